The number of hydrogen-bond donors (Lipinski definition) is 2. The molecule has 0 aliphatic heterocycles. The highest BCUT2D eigenvalue weighted by Gasteiger charge is 2.15. The molecule has 7 nitrogen and oxygen atoms in total. The van der Waals surface area contributed by atoms with E-state index < -0.39 is 5.60 Å². The molecule has 0 aliphatic rings. The Morgan fingerprint density at radius 2 is 1.46 bits per heavy atom. The summed E-state index contributed by atoms with van der Waals surface area (Å²) in [5.41, 5.74) is -0.455. The van der Waals surface area contributed by atoms with Crippen molar-refractivity contribution in [1.82, 2.24) is 10.6 Å². The minimum absolute atomic E-state index is 0.00420. The van der Waals surface area contributed by atoms with Crippen LogP contribution in [-0.4, -0.2) is 43.4 Å². The standard InChI is InChI=1S/C21H42N2O5/c1-6-18(7-2)27-28-19(24)14-11-9-8-10-12-15-22-16-13-17-23-20(25)26-21(3,4)5/h18,22H,6-17H2,1-5H3,(H,23,25). The summed E-state index contributed by atoms with van der Waals surface area (Å²) in [7, 11) is 0. The van der Waals surface area contributed by atoms with Crippen LogP contribution in [0.25, 0.3) is 0 Å². The Morgan fingerprint density at radius 1 is 0.857 bits per heavy atom. The molecule has 0 atom stereocenters. The van der Waals surface area contributed by atoms with E-state index in [-0.39, 0.29) is 18.2 Å². The Balaban J connectivity index is 3.34. The molecule has 0 aromatic heterocycles. The molecule has 0 unspecified atom stereocenters. The molecule has 0 radical (unpaired) electrons. The summed E-state index contributed by atoms with van der Waals surface area (Å²) in [5.74, 6) is -0.270. The van der Waals surface area contributed by atoms with Gasteiger partial charge in [0.1, 0.15) is 11.7 Å². The summed E-state index contributed by atoms with van der Waals surface area (Å²) in [6, 6.07) is 0. The first kappa shape index (κ1) is 26.7. The highest BCUT2D eigenvalue weighted by atomic mass is 17.2. The van der Waals surface area contributed by atoms with E-state index >= 15 is 0 Å². The molecular formula is C21H42N2O5. The number of hydrogen-bond acceptors (Lipinski definition) is 6. The molecule has 0 saturated heterocycles. The zero-order chi connectivity index (χ0) is 21.3. The Kier molecular flexibility index (Phi) is 15.8. The number of amides is 1. The van der Waals surface area contributed by atoms with Crippen LogP contribution in [0.2, 0.25) is 0 Å². The van der Waals surface area contributed by atoms with E-state index in [2.05, 4.69) is 10.6 Å². The largest absolute Gasteiger partial charge is 0.444 e. The van der Waals surface area contributed by atoms with Crippen molar-refractivity contribution in [3.8, 4) is 0 Å². The molecule has 28 heavy (non-hydrogen) atoms. The lowest BCUT2D eigenvalue weighted by molar-refractivity contribution is -0.298. The van der Waals surface area contributed by atoms with Crippen molar-refractivity contribution in [3.05, 3.63) is 0 Å². The van der Waals surface area contributed by atoms with Crippen molar-refractivity contribution < 1.29 is 24.1 Å². The van der Waals surface area contributed by atoms with Gasteiger partial charge in [-0.2, -0.15) is 4.89 Å². The van der Waals surface area contributed by atoms with Crippen LogP contribution in [0.15, 0.2) is 0 Å². The molecule has 0 aromatic carbocycles. The van der Waals surface area contributed by atoms with Crippen molar-refractivity contribution in [2.75, 3.05) is 19.6 Å². The Hall–Kier alpha value is -1.34. The summed E-state index contributed by atoms with van der Waals surface area (Å²) >= 11 is 0. The maximum atomic E-state index is 11.6. The lowest BCUT2D eigenvalue weighted by Crippen LogP contribution is -2.34. The summed E-state index contributed by atoms with van der Waals surface area (Å²) < 4.78 is 5.17. The molecule has 0 rings (SSSR count). The van der Waals surface area contributed by atoms with E-state index in [9.17, 15) is 9.59 Å². The maximum Gasteiger partial charge on any atom is 0.407 e. The third-order valence-electron chi connectivity index (χ3n) is 4.12. The zero-order valence-electron chi connectivity index (χ0n) is 18.6. The lowest BCUT2D eigenvalue weighted by Gasteiger charge is -2.19. The van der Waals surface area contributed by atoms with Crippen molar-refractivity contribution in [1.29, 1.82) is 0 Å². The van der Waals surface area contributed by atoms with Gasteiger partial charge >= 0.3 is 12.1 Å². The van der Waals surface area contributed by atoms with Crippen LogP contribution in [0, 0.1) is 0 Å². The van der Waals surface area contributed by atoms with Crippen molar-refractivity contribution in [2.45, 2.75) is 104 Å². The first-order chi connectivity index (χ1) is 13.3. The van der Waals surface area contributed by atoms with Crippen LogP contribution >= 0.6 is 0 Å². The van der Waals surface area contributed by atoms with E-state index in [1.54, 1.807) is 0 Å². The van der Waals surface area contributed by atoms with Gasteiger partial charge in [-0.25, -0.2) is 9.59 Å². The molecule has 1 amide bonds. The van der Waals surface area contributed by atoms with Crippen molar-refractivity contribution >= 4 is 12.1 Å². The summed E-state index contributed by atoms with van der Waals surface area (Å²) in [6.07, 6.45) is 7.86. The molecule has 0 fully saturated rings. The van der Waals surface area contributed by atoms with E-state index in [0.29, 0.717) is 13.0 Å². The van der Waals surface area contributed by atoms with Crippen LogP contribution in [-0.2, 0) is 19.3 Å². The lowest BCUT2D eigenvalue weighted by atomic mass is 10.1. The van der Waals surface area contributed by atoms with Crippen LogP contribution in [0.5, 0.6) is 0 Å². The molecule has 2 N–H and O–H groups in total. The summed E-state index contributed by atoms with van der Waals surface area (Å²) in [4.78, 5) is 33.0. The van der Waals surface area contributed by atoms with Crippen LogP contribution in [0.1, 0.15) is 92.4 Å². The topological polar surface area (TPSA) is 85.9 Å². The highest BCUT2D eigenvalue weighted by Crippen LogP contribution is 2.08. The van der Waals surface area contributed by atoms with Gasteiger partial charge in [-0.05, 0) is 66.0 Å². The predicted molar refractivity (Wildman–Crippen MR) is 111 cm³/mol. The number of ether oxygens (including phenoxy) is 1. The zero-order valence-corrected chi connectivity index (χ0v) is 18.6. The maximum absolute atomic E-state index is 11.6. The average Bonchev–Trinajstić information content (AvgIpc) is 2.62. The van der Waals surface area contributed by atoms with Crippen LogP contribution in [0.3, 0.4) is 0 Å². The Morgan fingerprint density at radius 3 is 2.11 bits per heavy atom. The van der Waals surface area contributed by atoms with Gasteiger partial charge in [0.05, 0.1) is 0 Å². The normalized spacial score (nSPS) is 11.5. The van der Waals surface area contributed by atoms with Gasteiger partial charge in [0.15, 0.2) is 0 Å². The van der Waals surface area contributed by atoms with Gasteiger partial charge in [-0.1, -0.05) is 33.1 Å². The quantitative estimate of drug-likeness (QED) is 0.225. The van der Waals surface area contributed by atoms with Crippen molar-refractivity contribution in [2.24, 2.45) is 0 Å². The molecule has 0 saturated carbocycles. The monoisotopic (exact) mass is 402 g/mol. The van der Waals surface area contributed by atoms with Gasteiger partial charge < -0.3 is 15.4 Å². The number of nitrogens with one attached hydrogen (secondary N) is 2. The number of unbranched alkanes of at least 4 members (excludes halogenated alkanes) is 4. The predicted octanol–water partition coefficient (Wildman–Crippen LogP) is 4.49. The smallest absolute Gasteiger partial charge is 0.407 e. The van der Waals surface area contributed by atoms with Crippen molar-refractivity contribution in [3.63, 3.8) is 0 Å². The van der Waals surface area contributed by atoms with E-state index in [1.165, 1.54) is 0 Å². The first-order valence-electron chi connectivity index (χ1n) is 10.8. The second-order valence-corrected chi connectivity index (χ2v) is 8.04. The van der Waals surface area contributed by atoms with Crippen LogP contribution in [0.4, 0.5) is 4.79 Å². The van der Waals surface area contributed by atoms with Gasteiger partial charge in [0.25, 0.3) is 0 Å². The first-order valence-corrected chi connectivity index (χ1v) is 10.8. The average molecular weight is 403 g/mol. The molecule has 0 heterocycles. The second kappa shape index (κ2) is 16.6. The Labute approximate surface area is 171 Å². The molecule has 166 valence electrons. The van der Waals surface area contributed by atoms with Gasteiger partial charge in [0, 0.05) is 13.0 Å². The number of carbonyl (C=O) groups excluding carboxylic acids is 2. The summed E-state index contributed by atoms with van der Waals surface area (Å²) in [5, 5.41) is 6.12. The van der Waals surface area contributed by atoms with E-state index in [0.717, 1.165) is 64.5 Å². The highest BCUT2D eigenvalue weighted by molar-refractivity contribution is 5.68. The van der Waals surface area contributed by atoms with Gasteiger partial charge in [-0.15, -0.1) is 0 Å². The summed E-state index contributed by atoms with van der Waals surface area (Å²) in [6.45, 7) is 12.0. The third-order valence-corrected chi connectivity index (χ3v) is 4.12. The SMILES string of the molecule is CCC(CC)OOC(=O)CCCCCCCNCCCNC(=O)OC(C)(C)C. The second-order valence-electron chi connectivity index (χ2n) is 8.04. The molecular weight excluding hydrogens is 360 g/mol. The minimum atomic E-state index is -0.455. The fourth-order valence-electron chi connectivity index (χ4n) is 2.48. The van der Waals surface area contributed by atoms with Gasteiger partial charge in [-0.3, -0.25) is 4.89 Å². The van der Waals surface area contributed by atoms with Gasteiger partial charge in [0.2, 0.25) is 0 Å². The fourth-order valence-corrected chi connectivity index (χ4v) is 2.48. The number of rotatable bonds is 16. The van der Waals surface area contributed by atoms with E-state index in [4.69, 9.17) is 14.5 Å². The molecule has 0 bridgehead atoms. The molecule has 0 aliphatic carbocycles. The number of carbonyl (C=O) groups is 2. The number of alkyl carbamates (subject to hydrolysis) is 1. The van der Waals surface area contributed by atoms with Crippen LogP contribution < -0.4 is 10.6 Å². The van der Waals surface area contributed by atoms with E-state index in [1.807, 2.05) is 34.6 Å². The molecule has 0 spiro atoms. The minimum Gasteiger partial charge on any atom is -0.444 e. The fraction of sp³-hybridized carbons (Fsp3) is 0.905. The Bertz CT molecular complexity index is 406. The molecule has 7 heteroatoms. The molecule has 0 aromatic rings. The third kappa shape index (κ3) is 18.0.